The van der Waals surface area contributed by atoms with Crippen molar-refractivity contribution in [3.05, 3.63) is 87.5 Å². The second-order valence-corrected chi connectivity index (χ2v) is 8.91. The van der Waals surface area contributed by atoms with Crippen LogP contribution in [0.2, 0.25) is 0 Å². The fraction of sp³-hybridized carbons (Fsp3) is 0.464. The van der Waals surface area contributed by atoms with Crippen LogP contribution in [0.1, 0.15) is 66.6 Å². The van der Waals surface area contributed by atoms with Gasteiger partial charge in [-0.1, -0.05) is 87.0 Å². The molecule has 0 saturated heterocycles. The topological polar surface area (TPSA) is 0 Å². The zero-order valence-electron chi connectivity index (χ0n) is 20.9. The van der Waals surface area contributed by atoms with Crippen molar-refractivity contribution in [2.24, 2.45) is 11.8 Å². The van der Waals surface area contributed by atoms with E-state index in [1.54, 1.807) is 0 Å². The van der Waals surface area contributed by atoms with Crippen LogP contribution in [-0.4, -0.2) is 0 Å². The number of rotatable bonds is 4. The summed E-state index contributed by atoms with van der Waals surface area (Å²) in [6.45, 7) is 20.0. The van der Waals surface area contributed by atoms with E-state index in [0.29, 0.717) is 0 Å². The molecule has 0 atom stereocenters. The third-order valence-electron chi connectivity index (χ3n) is 5.56. The fourth-order valence-electron chi connectivity index (χ4n) is 3.45. The molecule has 0 aromatic heterocycles. The Kier molecular flexibility index (Phi) is 20.4. The minimum absolute atomic E-state index is 0. The molecule has 3 rings (SSSR count). The monoisotopic (exact) mass is 537 g/mol. The molecule has 3 aromatic rings. The predicted molar refractivity (Wildman–Crippen MR) is 127 cm³/mol. The second kappa shape index (κ2) is 18.0. The Morgan fingerprint density at radius 2 is 0.871 bits per heavy atom. The van der Waals surface area contributed by atoms with E-state index in [2.05, 4.69) is 111 Å². The maximum atomic E-state index is 2.24. The zero-order chi connectivity index (χ0) is 21.3. The molecule has 0 bridgehead atoms. The van der Waals surface area contributed by atoms with Crippen LogP contribution in [0.5, 0.6) is 0 Å². The average Bonchev–Trinajstić information content (AvgIpc) is 3.35. The van der Waals surface area contributed by atoms with Gasteiger partial charge < -0.3 is 24.8 Å². The zero-order valence-corrected chi connectivity index (χ0v) is 24.9. The van der Waals surface area contributed by atoms with Crippen molar-refractivity contribution in [3.8, 4) is 0 Å². The smallest absolute Gasteiger partial charge is 1.00 e. The van der Waals surface area contributed by atoms with Crippen LogP contribution in [0.3, 0.4) is 0 Å². The number of hydrogen-bond donors (Lipinski definition) is 0. The average molecular weight is 540 g/mol. The molecular weight excluding hydrogens is 498 g/mol. The van der Waals surface area contributed by atoms with Crippen molar-refractivity contribution < 1.29 is 51.0 Å². The van der Waals surface area contributed by atoms with E-state index in [9.17, 15) is 0 Å². The molecule has 3 aromatic carbocycles. The summed E-state index contributed by atoms with van der Waals surface area (Å²) in [5.41, 5.74) is 10.3. The Hall–Kier alpha value is -0.487. The maximum Gasteiger partial charge on any atom is 2.00 e. The van der Waals surface area contributed by atoms with Gasteiger partial charge in [-0.3, -0.25) is 0 Å². The summed E-state index contributed by atoms with van der Waals surface area (Å²) >= 11 is 0. The first kappa shape index (κ1) is 35.1. The van der Waals surface area contributed by atoms with Gasteiger partial charge in [0.05, 0.1) is 0 Å². The Morgan fingerprint density at radius 1 is 0.613 bits per heavy atom. The van der Waals surface area contributed by atoms with Crippen molar-refractivity contribution in [3.63, 3.8) is 0 Å². The predicted octanol–water partition coefficient (Wildman–Crippen LogP) is 2.16. The summed E-state index contributed by atoms with van der Waals surface area (Å²) in [6.07, 6.45) is 2.43. The van der Waals surface area contributed by atoms with Gasteiger partial charge in [0.15, 0.2) is 0 Å². The van der Waals surface area contributed by atoms with E-state index < -0.39 is 0 Å². The summed E-state index contributed by atoms with van der Waals surface area (Å²) in [4.78, 5) is 0. The van der Waals surface area contributed by atoms with E-state index >= 15 is 0 Å². The SMILES string of the molecule is CC(C)C[c-]1cccc1.CC(C)C[c-]1cccc1.Cc1c(C)c(C)[c-](C)c1C.[Cl-].[Cl-].[Zr+2]. The first-order chi connectivity index (χ1) is 13.1. The van der Waals surface area contributed by atoms with E-state index in [0.717, 1.165) is 11.8 Å². The van der Waals surface area contributed by atoms with Crippen LogP contribution in [0.25, 0.3) is 0 Å². The Balaban J connectivity index is -0.000000362. The molecule has 0 aliphatic carbocycles. The minimum Gasteiger partial charge on any atom is -1.00 e. The molecule has 0 spiro atoms. The van der Waals surface area contributed by atoms with Gasteiger partial charge >= 0.3 is 26.2 Å². The second-order valence-electron chi connectivity index (χ2n) is 8.91. The van der Waals surface area contributed by atoms with Gasteiger partial charge in [-0.2, -0.15) is 63.2 Å². The molecule has 0 amide bonds. The van der Waals surface area contributed by atoms with E-state index in [4.69, 9.17) is 0 Å². The standard InChI is InChI=1S/C10H15.2C9H13.2ClH.Zr/c1-6-7(2)9(4)10(5)8(6)3;2*1-8(2)7-9-5-3-4-6-9;;;/h1-5H3;2*3-6,8H,7H2,1-2H3;2*1H;/q3*-1;;;+2/p-2. The van der Waals surface area contributed by atoms with Crippen molar-refractivity contribution in [1.29, 1.82) is 0 Å². The minimum atomic E-state index is 0. The van der Waals surface area contributed by atoms with Crippen molar-refractivity contribution in [1.82, 2.24) is 0 Å². The Bertz CT molecular complexity index is 655. The van der Waals surface area contributed by atoms with Gasteiger partial charge in [0.25, 0.3) is 0 Å². The van der Waals surface area contributed by atoms with Crippen LogP contribution in [0.15, 0.2) is 48.5 Å². The van der Waals surface area contributed by atoms with Crippen LogP contribution in [-0.2, 0) is 39.0 Å². The third kappa shape index (κ3) is 13.0. The molecule has 0 heterocycles. The Morgan fingerprint density at radius 3 is 1.03 bits per heavy atom. The molecular formula is C28H41Cl2Zr-3. The van der Waals surface area contributed by atoms with Gasteiger partial charge in [-0.05, 0) is 0 Å². The van der Waals surface area contributed by atoms with Crippen molar-refractivity contribution in [2.45, 2.75) is 75.2 Å². The quantitative estimate of drug-likeness (QED) is 0.446. The molecule has 0 saturated carbocycles. The maximum absolute atomic E-state index is 2.24. The molecule has 31 heavy (non-hydrogen) atoms. The van der Waals surface area contributed by atoms with Crippen LogP contribution < -0.4 is 24.8 Å². The number of halogens is 2. The van der Waals surface area contributed by atoms with Crippen LogP contribution in [0, 0.1) is 46.5 Å². The molecule has 0 N–H and O–H groups in total. The molecule has 0 aliphatic heterocycles. The van der Waals surface area contributed by atoms with Gasteiger partial charge in [0.2, 0.25) is 0 Å². The van der Waals surface area contributed by atoms with Crippen LogP contribution >= 0.6 is 0 Å². The van der Waals surface area contributed by atoms with E-state index in [1.807, 2.05) is 0 Å². The molecule has 3 heteroatoms. The first-order valence-electron chi connectivity index (χ1n) is 10.7. The van der Waals surface area contributed by atoms with Gasteiger partial charge in [0.1, 0.15) is 0 Å². The molecule has 0 fully saturated rings. The summed E-state index contributed by atoms with van der Waals surface area (Å²) in [6, 6.07) is 17.1. The molecule has 0 radical (unpaired) electrons. The summed E-state index contributed by atoms with van der Waals surface area (Å²) in [5.74, 6) is 1.57. The third-order valence-corrected chi connectivity index (χ3v) is 5.56. The fourth-order valence-corrected chi connectivity index (χ4v) is 3.45. The van der Waals surface area contributed by atoms with Crippen molar-refractivity contribution >= 4 is 0 Å². The summed E-state index contributed by atoms with van der Waals surface area (Å²) in [7, 11) is 0. The summed E-state index contributed by atoms with van der Waals surface area (Å²) in [5, 5.41) is 0. The molecule has 0 unspecified atom stereocenters. The van der Waals surface area contributed by atoms with Gasteiger partial charge in [-0.15, -0.1) is 0 Å². The molecule has 174 valence electrons. The molecule has 0 aliphatic rings. The molecule has 0 nitrogen and oxygen atoms in total. The van der Waals surface area contributed by atoms with Crippen molar-refractivity contribution in [2.75, 3.05) is 0 Å². The first-order valence-corrected chi connectivity index (χ1v) is 10.7. The summed E-state index contributed by atoms with van der Waals surface area (Å²) < 4.78 is 0. The number of hydrogen-bond acceptors (Lipinski definition) is 0. The van der Waals surface area contributed by atoms with Crippen LogP contribution in [0.4, 0.5) is 0 Å². The van der Waals surface area contributed by atoms with Gasteiger partial charge in [0, 0.05) is 0 Å². The van der Waals surface area contributed by atoms with Gasteiger partial charge in [-0.25, -0.2) is 24.3 Å². The normalized spacial score (nSPS) is 9.52. The van der Waals surface area contributed by atoms with E-state index in [1.165, 1.54) is 51.8 Å². The Labute approximate surface area is 224 Å². The van der Waals surface area contributed by atoms with E-state index in [-0.39, 0.29) is 51.0 Å². The largest absolute Gasteiger partial charge is 2.00 e.